The van der Waals surface area contributed by atoms with Gasteiger partial charge >= 0.3 is 0 Å². The molecular formula is C12H9BrClFN2OS. The Balaban J connectivity index is 2.59. The summed E-state index contributed by atoms with van der Waals surface area (Å²) in [6.45, 7) is 0.346. The molecule has 0 bridgehead atoms. The summed E-state index contributed by atoms with van der Waals surface area (Å²) in [6, 6.07) is 4.10. The number of hydrogen-bond donors (Lipinski definition) is 1. The number of halogens is 3. The maximum atomic E-state index is 13.0. The Morgan fingerprint density at radius 2 is 2.26 bits per heavy atom. The highest BCUT2D eigenvalue weighted by Gasteiger charge is 2.11. The predicted octanol–water partition coefficient (Wildman–Crippen LogP) is 4.51. The summed E-state index contributed by atoms with van der Waals surface area (Å²) in [6.07, 6.45) is 0. The van der Waals surface area contributed by atoms with Crippen molar-refractivity contribution in [3.63, 3.8) is 0 Å². The van der Waals surface area contributed by atoms with Crippen molar-refractivity contribution in [2.75, 3.05) is 7.11 Å². The average Bonchev–Trinajstić information content (AvgIpc) is 2.35. The number of H-pyrrole nitrogens is 1. The Kier molecular flexibility index (Phi) is 4.67. The SMILES string of the molecule is COCc1[nH]c(-c2ccc(F)cc2Cl)nc(=S)c1Br. The Morgan fingerprint density at radius 1 is 1.53 bits per heavy atom. The van der Waals surface area contributed by atoms with Crippen LogP contribution in [-0.2, 0) is 11.3 Å². The molecule has 1 N–H and O–H groups in total. The quantitative estimate of drug-likeness (QED) is 0.816. The number of aromatic nitrogens is 2. The Morgan fingerprint density at radius 3 is 2.89 bits per heavy atom. The second-order valence-electron chi connectivity index (χ2n) is 3.74. The summed E-state index contributed by atoms with van der Waals surface area (Å²) >= 11 is 14.5. The molecular weight excluding hydrogens is 355 g/mol. The first-order chi connectivity index (χ1) is 9.02. The zero-order chi connectivity index (χ0) is 14.0. The second-order valence-corrected chi connectivity index (χ2v) is 5.33. The van der Waals surface area contributed by atoms with E-state index in [2.05, 4.69) is 25.9 Å². The predicted molar refractivity (Wildman–Crippen MR) is 78.2 cm³/mol. The fraction of sp³-hybridized carbons (Fsp3) is 0.167. The molecule has 100 valence electrons. The summed E-state index contributed by atoms with van der Waals surface area (Å²) < 4.78 is 19.2. The zero-order valence-corrected chi connectivity index (χ0v) is 13.0. The van der Waals surface area contributed by atoms with E-state index in [9.17, 15) is 4.39 Å². The molecule has 7 heteroatoms. The van der Waals surface area contributed by atoms with Gasteiger partial charge in [0.05, 0.1) is 21.8 Å². The van der Waals surface area contributed by atoms with Crippen LogP contribution in [0.4, 0.5) is 4.39 Å². The van der Waals surface area contributed by atoms with Crippen LogP contribution >= 0.6 is 39.7 Å². The Hall–Kier alpha value is -0.820. The molecule has 0 unspecified atom stereocenters. The Labute approximate surface area is 127 Å². The monoisotopic (exact) mass is 362 g/mol. The number of methoxy groups -OCH3 is 1. The van der Waals surface area contributed by atoms with Crippen LogP contribution in [0.1, 0.15) is 5.69 Å². The minimum atomic E-state index is -0.401. The lowest BCUT2D eigenvalue weighted by atomic mass is 10.2. The second kappa shape index (κ2) is 6.09. The third-order valence-corrected chi connectivity index (χ3v) is 4.14. The van der Waals surface area contributed by atoms with Crippen molar-refractivity contribution in [2.45, 2.75) is 6.61 Å². The van der Waals surface area contributed by atoms with E-state index in [1.807, 2.05) is 0 Å². The van der Waals surface area contributed by atoms with Crippen LogP contribution < -0.4 is 0 Å². The molecule has 3 nitrogen and oxygen atoms in total. The highest BCUT2D eigenvalue weighted by atomic mass is 79.9. The maximum Gasteiger partial charge on any atom is 0.144 e. The van der Waals surface area contributed by atoms with Gasteiger partial charge in [-0.15, -0.1) is 0 Å². The van der Waals surface area contributed by atoms with Crippen molar-refractivity contribution in [2.24, 2.45) is 0 Å². The van der Waals surface area contributed by atoms with Crippen molar-refractivity contribution < 1.29 is 9.13 Å². The van der Waals surface area contributed by atoms with Gasteiger partial charge in [0.2, 0.25) is 0 Å². The van der Waals surface area contributed by atoms with Gasteiger partial charge in [0.1, 0.15) is 16.3 Å². The summed E-state index contributed by atoms with van der Waals surface area (Å²) in [5, 5.41) is 0.267. The highest BCUT2D eigenvalue weighted by molar-refractivity contribution is 9.10. The molecule has 1 aromatic carbocycles. The van der Waals surface area contributed by atoms with E-state index in [1.54, 1.807) is 13.2 Å². The normalized spacial score (nSPS) is 10.7. The molecule has 2 aromatic rings. The Bertz CT molecular complexity index is 677. The molecule has 2 rings (SSSR count). The third-order valence-electron chi connectivity index (χ3n) is 2.41. The van der Waals surface area contributed by atoms with Crippen LogP contribution in [0, 0.1) is 10.5 Å². The molecule has 0 saturated carbocycles. The first kappa shape index (κ1) is 14.6. The van der Waals surface area contributed by atoms with Crippen LogP contribution in [-0.4, -0.2) is 17.1 Å². The van der Waals surface area contributed by atoms with Gasteiger partial charge in [0.15, 0.2) is 0 Å². The van der Waals surface area contributed by atoms with Gasteiger partial charge in [-0.2, -0.15) is 0 Å². The molecule has 0 fully saturated rings. The van der Waals surface area contributed by atoms with E-state index < -0.39 is 5.82 Å². The molecule has 0 aliphatic heterocycles. The average molecular weight is 364 g/mol. The van der Waals surface area contributed by atoms with Crippen LogP contribution in [0.2, 0.25) is 5.02 Å². The zero-order valence-electron chi connectivity index (χ0n) is 9.84. The number of nitrogens with one attached hydrogen (secondary N) is 1. The summed E-state index contributed by atoms with van der Waals surface area (Å²) in [7, 11) is 1.58. The number of ether oxygens (including phenoxy) is 1. The fourth-order valence-corrected chi connectivity index (χ4v) is 2.33. The first-order valence-corrected chi connectivity index (χ1v) is 6.84. The van der Waals surface area contributed by atoms with Crippen LogP contribution in [0.15, 0.2) is 22.7 Å². The maximum absolute atomic E-state index is 13.0. The number of benzene rings is 1. The molecule has 1 heterocycles. The van der Waals surface area contributed by atoms with E-state index in [-0.39, 0.29) is 5.02 Å². The highest BCUT2D eigenvalue weighted by Crippen LogP contribution is 2.28. The van der Waals surface area contributed by atoms with Gasteiger partial charge < -0.3 is 9.72 Å². The molecule has 0 radical (unpaired) electrons. The molecule has 1 aromatic heterocycles. The lowest BCUT2D eigenvalue weighted by Crippen LogP contribution is -2.00. The van der Waals surface area contributed by atoms with E-state index >= 15 is 0 Å². The van der Waals surface area contributed by atoms with Gasteiger partial charge in [-0.1, -0.05) is 23.8 Å². The van der Waals surface area contributed by atoms with Crippen LogP contribution in [0.3, 0.4) is 0 Å². The molecule has 0 amide bonds. The van der Waals surface area contributed by atoms with E-state index in [0.29, 0.717) is 27.1 Å². The standard InChI is InChI=1S/C12H9BrClFN2OS/c1-18-5-9-10(13)12(19)17-11(16-9)7-3-2-6(15)4-8(7)14/h2-4H,5H2,1H3,(H,16,17,19). The summed E-state index contributed by atoms with van der Waals surface area (Å²) in [5.74, 6) is 0.0758. The molecule has 0 aliphatic rings. The van der Waals surface area contributed by atoms with Crippen molar-refractivity contribution in [3.8, 4) is 11.4 Å². The van der Waals surface area contributed by atoms with Gasteiger partial charge in [-0.25, -0.2) is 9.37 Å². The van der Waals surface area contributed by atoms with Gasteiger partial charge in [-0.3, -0.25) is 0 Å². The van der Waals surface area contributed by atoms with E-state index in [4.69, 9.17) is 28.6 Å². The molecule has 19 heavy (non-hydrogen) atoms. The largest absolute Gasteiger partial charge is 0.378 e. The van der Waals surface area contributed by atoms with Gasteiger partial charge in [0.25, 0.3) is 0 Å². The van der Waals surface area contributed by atoms with Crippen LogP contribution in [0.25, 0.3) is 11.4 Å². The van der Waals surface area contributed by atoms with Crippen molar-refractivity contribution in [1.29, 1.82) is 0 Å². The number of rotatable bonds is 3. The van der Waals surface area contributed by atoms with Gasteiger partial charge in [-0.05, 0) is 34.1 Å². The first-order valence-electron chi connectivity index (χ1n) is 5.26. The van der Waals surface area contributed by atoms with Crippen molar-refractivity contribution in [3.05, 3.63) is 43.8 Å². The molecule has 0 atom stereocenters. The minimum Gasteiger partial charge on any atom is -0.378 e. The smallest absolute Gasteiger partial charge is 0.144 e. The lowest BCUT2D eigenvalue weighted by Gasteiger charge is -2.09. The fourth-order valence-electron chi connectivity index (χ4n) is 1.56. The third kappa shape index (κ3) is 3.20. The molecule has 0 saturated heterocycles. The number of hydrogen-bond acceptors (Lipinski definition) is 3. The molecule has 0 aliphatic carbocycles. The summed E-state index contributed by atoms with van der Waals surface area (Å²) in [4.78, 5) is 7.30. The summed E-state index contributed by atoms with van der Waals surface area (Å²) in [5.41, 5.74) is 1.33. The molecule has 0 spiro atoms. The minimum absolute atomic E-state index is 0.267. The van der Waals surface area contributed by atoms with Crippen molar-refractivity contribution in [1.82, 2.24) is 9.97 Å². The van der Waals surface area contributed by atoms with E-state index in [0.717, 1.165) is 5.69 Å². The van der Waals surface area contributed by atoms with E-state index in [1.165, 1.54) is 12.1 Å². The number of nitrogens with zero attached hydrogens (tertiary/aromatic N) is 1. The van der Waals surface area contributed by atoms with Crippen LogP contribution in [0.5, 0.6) is 0 Å². The van der Waals surface area contributed by atoms with Crippen molar-refractivity contribution >= 4 is 39.7 Å². The topological polar surface area (TPSA) is 37.9 Å². The lowest BCUT2D eigenvalue weighted by molar-refractivity contribution is 0.181. The van der Waals surface area contributed by atoms with Gasteiger partial charge in [0, 0.05) is 12.7 Å². The number of aromatic amines is 1.